The molecule has 0 atom stereocenters. The van der Waals surface area contributed by atoms with Gasteiger partial charge < -0.3 is 4.90 Å². The van der Waals surface area contributed by atoms with E-state index in [9.17, 15) is 0 Å². The van der Waals surface area contributed by atoms with Crippen LogP contribution in [0.4, 0.5) is 22.7 Å². The highest BCUT2D eigenvalue weighted by Crippen LogP contribution is 2.49. The molecule has 0 aromatic heterocycles. The summed E-state index contributed by atoms with van der Waals surface area (Å²) in [5.41, 5.74) is 6.51. The molecule has 0 radical (unpaired) electrons. The zero-order valence-corrected chi connectivity index (χ0v) is 16.7. The maximum Gasteiger partial charge on any atom is 0.289 e. The van der Waals surface area contributed by atoms with E-state index >= 15 is 0 Å². The van der Waals surface area contributed by atoms with E-state index in [1.807, 2.05) is 0 Å². The minimum absolute atomic E-state index is 0.867. The van der Waals surface area contributed by atoms with Gasteiger partial charge in [0.15, 0.2) is 6.67 Å². The first-order chi connectivity index (χ1) is 12.9. The molecule has 0 fully saturated rings. The monoisotopic (exact) mass is 358 g/mol. The van der Waals surface area contributed by atoms with Gasteiger partial charge in [0.25, 0.3) is 5.84 Å². The topological polar surface area (TPSA) is 9.49 Å². The zero-order valence-electron chi connectivity index (χ0n) is 16.7. The Morgan fingerprint density at radius 2 is 1.56 bits per heavy atom. The minimum Gasteiger partial charge on any atom is -0.327 e. The average Bonchev–Trinajstić information content (AvgIpc) is 2.65. The van der Waals surface area contributed by atoms with Crippen LogP contribution in [0, 0.1) is 0 Å². The summed E-state index contributed by atoms with van der Waals surface area (Å²) < 4.78 is 3.20. The van der Waals surface area contributed by atoms with Gasteiger partial charge in [-0.05, 0) is 30.3 Å². The fraction of sp³-hybridized carbons (Fsp3) is 0.261. The number of hydrogen-bond acceptors (Lipinski definition) is 2. The van der Waals surface area contributed by atoms with Crippen LogP contribution in [-0.4, -0.2) is 52.3 Å². The maximum absolute atomic E-state index is 2.38. The molecular weight excluding hydrogens is 332 g/mol. The number of amidine groups is 1. The Bertz CT molecular complexity index is 1110. The quantitative estimate of drug-likeness (QED) is 0.481. The van der Waals surface area contributed by atoms with Gasteiger partial charge in [0.05, 0.1) is 50.2 Å². The van der Waals surface area contributed by atoms with Gasteiger partial charge in [-0.25, -0.2) is 9.48 Å². The van der Waals surface area contributed by atoms with Gasteiger partial charge >= 0.3 is 0 Å². The Balaban J connectivity index is 1.89. The van der Waals surface area contributed by atoms with Crippen LogP contribution >= 0.6 is 0 Å². The number of rotatable bonds is 1. The van der Waals surface area contributed by atoms with Crippen molar-refractivity contribution in [3.63, 3.8) is 0 Å². The number of hydrogen-bond donors (Lipinski definition) is 0. The Kier molecular flexibility index (Phi) is 3.23. The molecule has 0 saturated heterocycles. The predicted molar refractivity (Wildman–Crippen MR) is 116 cm³/mol. The summed E-state index contributed by atoms with van der Waals surface area (Å²) in [6.45, 7) is 0.980. The van der Waals surface area contributed by atoms with Crippen molar-refractivity contribution < 1.29 is 4.58 Å². The van der Waals surface area contributed by atoms with Gasteiger partial charge in [-0.1, -0.05) is 18.2 Å². The Morgan fingerprint density at radius 1 is 0.852 bits per heavy atom. The molecule has 4 heteroatoms. The standard InChI is InChI=1S/C23H26N4/c1-24-15-27(4,5)20-14-13-19-21-18(12-11-17(24)22(20)21)25(2)23(26(19)3)16-9-7-6-8-10-16/h6-14H,15H2,1-5H3/q+2. The molecule has 4 nitrogen and oxygen atoms in total. The predicted octanol–water partition coefficient (Wildman–Crippen LogP) is 3.98. The molecule has 2 heterocycles. The smallest absolute Gasteiger partial charge is 0.289 e. The van der Waals surface area contributed by atoms with E-state index in [-0.39, 0.29) is 0 Å². The fourth-order valence-corrected chi connectivity index (χ4v) is 4.92. The first-order valence-electron chi connectivity index (χ1n) is 9.44. The molecule has 27 heavy (non-hydrogen) atoms. The van der Waals surface area contributed by atoms with Crippen molar-refractivity contribution >= 4 is 39.4 Å². The van der Waals surface area contributed by atoms with Crippen molar-refractivity contribution in [2.75, 3.05) is 51.7 Å². The second-order valence-corrected chi connectivity index (χ2v) is 8.29. The Hall–Kier alpha value is -2.85. The zero-order chi connectivity index (χ0) is 18.9. The van der Waals surface area contributed by atoms with Crippen molar-refractivity contribution in [3.8, 4) is 0 Å². The average molecular weight is 358 g/mol. The van der Waals surface area contributed by atoms with Crippen molar-refractivity contribution in [2.45, 2.75) is 0 Å². The normalized spacial score (nSPS) is 17.7. The summed E-state index contributed by atoms with van der Waals surface area (Å²) >= 11 is 0. The number of quaternary nitrogens is 1. The molecule has 2 aliphatic rings. The van der Waals surface area contributed by atoms with Gasteiger partial charge in [-0.15, -0.1) is 0 Å². The van der Waals surface area contributed by atoms with Crippen LogP contribution in [0.3, 0.4) is 0 Å². The summed E-state index contributed by atoms with van der Waals surface area (Å²) in [7, 11) is 11.1. The number of nitrogens with zero attached hydrogens (tertiary/aromatic N) is 4. The Labute approximate surface area is 160 Å². The highest BCUT2D eigenvalue weighted by atomic mass is 15.4. The van der Waals surface area contributed by atoms with Crippen LogP contribution in [0.1, 0.15) is 5.56 Å². The van der Waals surface area contributed by atoms with E-state index in [1.165, 1.54) is 44.9 Å². The van der Waals surface area contributed by atoms with Gasteiger partial charge in [0, 0.05) is 13.1 Å². The first kappa shape index (κ1) is 16.3. The lowest BCUT2D eigenvalue weighted by atomic mass is 9.96. The van der Waals surface area contributed by atoms with Crippen LogP contribution < -0.4 is 14.3 Å². The summed E-state index contributed by atoms with van der Waals surface area (Å²) in [4.78, 5) is 4.71. The van der Waals surface area contributed by atoms with Crippen molar-refractivity contribution in [1.29, 1.82) is 0 Å². The molecule has 0 amide bonds. The van der Waals surface area contributed by atoms with Gasteiger partial charge in [-0.3, -0.25) is 4.48 Å². The molecule has 3 aromatic rings. The molecule has 5 rings (SSSR count). The lowest BCUT2D eigenvalue weighted by Gasteiger charge is -2.40. The van der Waals surface area contributed by atoms with Crippen molar-refractivity contribution in [3.05, 3.63) is 60.2 Å². The third-order valence-corrected chi connectivity index (χ3v) is 6.09. The third kappa shape index (κ3) is 2.10. The molecule has 0 saturated carbocycles. The second-order valence-electron chi connectivity index (χ2n) is 8.29. The molecule has 0 unspecified atom stereocenters. The SMILES string of the molecule is CN1C[N+](C)(C)c2ccc3c4c(ccc1c24)N(C)C(c1ccccc1)=[N+]3C. The Morgan fingerprint density at radius 3 is 2.30 bits per heavy atom. The lowest BCUT2D eigenvalue weighted by Crippen LogP contribution is -2.51. The maximum atomic E-state index is 2.38. The van der Waals surface area contributed by atoms with Crippen molar-refractivity contribution in [2.24, 2.45) is 0 Å². The molecular formula is C23H26N4+2. The lowest BCUT2D eigenvalue weighted by molar-refractivity contribution is -0.404. The third-order valence-electron chi connectivity index (χ3n) is 6.09. The van der Waals surface area contributed by atoms with E-state index in [0.717, 1.165) is 11.2 Å². The van der Waals surface area contributed by atoms with Gasteiger partial charge in [-0.2, -0.15) is 0 Å². The summed E-state index contributed by atoms with van der Waals surface area (Å²) in [5.74, 6) is 1.21. The van der Waals surface area contributed by atoms with Crippen LogP contribution in [0.25, 0.3) is 10.8 Å². The highest BCUT2D eigenvalue weighted by Gasteiger charge is 2.38. The molecule has 3 aromatic carbocycles. The molecule has 136 valence electrons. The molecule has 0 bridgehead atoms. The van der Waals surface area contributed by atoms with Gasteiger partial charge in [0.1, 0.15) is 17.1 Å². The van der Waals surface area contributed by atoms with Crippen LogP contribution in [0.15, 0.2) is 54.6 Å². The van der Waals surface area contributed by atoms with E-state index in [1.54, 1.807) is 0 Å². The molecule has 0 spiro atoms. The number of anilines is 2. The highest BCUT2D eigenvalue weighted by molar-refractivity contribution is 6.20. The fourth-order valence-electron chi connectivity index (χ4n) is 4.92. The van der Waals surface area contributed by atoms with E-state index in [0.29, 0.717) is 0 Å². The number of benzene rings is 3. The minimum atomic E-state index is 0.867. The molecule has 0 aliphatic carbocycles. The summed E-state index contributed by atoms with van der Waals surface area (Å²) in [6, 6.07) is 19.8. The van der Waals surface area contributed by atoms with Crippen LogP contribution in [0.2, 0.25) is 0 Å². The largest absolute Gasteiger partial charge is 0.327 e. The van der Waals surface area contributed by atoms with E-state index in [4.69, 9.17) is 0 Å². The van der Waals surface area contributed by atoms with E-state index in [2.05, 4.69) is 104 Å². The molecule has 0 N–H and O–H groups in total. The van der Waals surface area contributed by atoms with Gasteiger partial charge in [0.2, 0.25) is 0 Å². The van der Waals surface area contributed by atoms with Crippen molar-refractivity contribution in [1.82, 2.24) is 4.48 Å². The van der Waals surface area contributed by atoms with Crippen LogP contribution in [0.5, 0.6) is 0 Å². The van der Waals surface area contributed by atoms with E-state index < -0.39 is 0 Å². The second kappa shape index (κ2) is 5.33. The van der Waals surface area contributed by atoms with Crippen LogP contribution in [-0.2, 0) is 0 Å². The first-order valence-corrected chi connectivity index (χ1v) is 9.44. The summed E-state index contributed by atoms with van der Waals surface area (Å²) in [5, 5.41) is 2.74. The summed E-state index contributed by atoms with van der Waals surface area (Å²) in [6.07, 6.45) is 0. The molecule has 2 aliphatic heterocycles.